The third-order valence-corrected chi connectivity index (χ3v) is 5.30. The lowest BCUT2D eigenvalue weighted by atomic mass is 10.1. The van der Waals surface area contributed by atoms with Gasteiger partial charge in [0.2, 0.25) is 11.7 Å². The fourth-order valence-electron chi connectivity index (χ4n) is 3.62. The van der Waals surface area contributed by atoms with Crippen molar-refractivity contribution in [3.05, 3.63) is 82.3 Å². The number of para-hydroxylation sites is 1. The van der Waals surface area contributed by atoms with Gasteiger partial charge in [0.15, 0.2) is 5.82 Å². The van der Waals surface area contributed by atoms with Gasteiger partial charge in [0, 0.05) is 22.5 Å². The van der Waals surface area contributed by atoms with E-state index in [1.165, 1.54) is 4.52 Å². The van der Waals surface area contributed by atoms with Gasteiger partial charge in [-0.1, -0.05) is 61.9 Å². The first-order valence-corrected chi connectivity index (χ1v) is 10.5. The van der Waals surface area contributed by atoms with Crippen LogP contribution in [0.3, 0.4) is 0 Å². The Morgan fingerprint density at radius 3 is 2.39 bits per heavy atom. The molecule has 0 aliphatic heterocycles. The van der Waals surface area contributed by atoms with Crippen molar-refractivity contribution < 1.29 is 4.79 Å². The molecule has 7 nitrogen and oxygen atoms in total. The highest BCUT2D eigenvalue weighted by atomic mass is 16.2. The van der Waals surface area contributed by atoms with Crippen molar-refractivity contribution >= 4 is 17.4 Å². The van der Waals surface area contributed by atoms with Crippen molar-refractivity contribution in [2.45, 2.75) is 39.7 Å². The molecule has 31 heavy (non-hydrogen) atoms. The molecular formula is C24H25N5O2. The number of hydrogen-bond acceptors (Lipinski definition) is 4. The molecule has 4 rings (SSSR count). The molecule has 0 aliphatic rings. The molecule has 158 valence electrons. The van der Waals surface area contributed by atoms with E-state index in [9.17, 15) is 9.59 Å². The number of fused-ring (bicyclic) bond motifs is 1. The smallest absolute Gasteiger partial charge is 0.279 e. The van der Waals surface area contributed by atoms with Gasteiger partial charge in [-0.3, -0.25) is 9.59 Å². The number of hydrogen-bond donors (Lipinski definition) is 1. The van der Waals surface area contributed by atoms with Crippen LogP contribution in [0.4, 0.5) is 5.69 Å². The highest BCUT2D eigenvalue weighted by molar-refractivity contribution is 5.90. The van der Waals surface area contributed by atoms with Crippen molar-refractivity contribution in [2.24, 2.45) is 0 Å². The van der Waals surface area contributed by atoms with E-state index in [0.29, 0.717) is 23.6 Å². The first-order chi connectivity index (χ1) is 15.1. The average Bonchev–Trinajstić information content (AvgIpc) is 3.24. The summed E-state index contributed by atoms with van der Waals surface area (Å²) in [6.45, 7) is 4.00. The lowest BCUT2D eigenvalue weighted by Crippen LogP contribution is -2.29. The van der Waals surface area contributed by atoms with Gasteiger partial charge >= 0.3 is 0 Å². The number of rotatable bonds is 7. The summed E-state index contributed by atoms with van der Waals surface area (Å²) in [5.74, 6) is 0.636. The molecule has 0 aliphatic carbocycles. The maximum absolute atomic E-state index is 13.2. The molecule has 2 aromatic heterocycles. The van der Waals surface area contributed by atoms with E-state index in [-0.39, 0.29) is 18.0 Å². The number of unbranched alkanes of at least 4 members (excludes halogenated alkanes) is 1. The molecule has 7 heteroatoms. The van der Waals surface area contributed by atoms with Crippen LogP contribution in [0, 0.1) is 6.92 Å². The average molecular weight is 415 g/mol. The Morgan fingerprint density at radius 2 is 1.71 bits per heavy atom. The van der Waals surface area contributed by atoms with Crippen LogP contribution in [-0.4, -0.2) is 25.1 Å². The second-order valence-electron chi connectivity index (χ2n) is 7.49. The van der Waals surface area contributed by atoms with Gasteiger partial charge in [-0.2, -0.15) is 9.50 Å². The van der Waals surface area contributed by atoms with Crippen LogP contribution in [0.5, 0.6) is 0 Å². The van der Waals surface area contributed by atoms with Gasteiger partial charge in [-0.25, -0.2) is 0 Å². The third-order valence-electron chi connectivity index (χ3n) is 5.30. The third kappa shape index (κ3) is 4.26. The Labute approximate surface area is 180 Å². The van der Waals surface area contributed by atoms with Crippen LogP contribution >= 0.6 is 0 Å². The molecule has 1 amide bonds. The Balaban J connectivity index is 1.80. The highest BCUT2D eigenvalue weighted by Gasteiger charge is 2.20. The van der Waals surface area contributed by atoms with Gasteiger partial charge < -0.3 is 9.88 Å². The Kier molecular flexibility index (Phi) is 5.93. The monoisotopic (exact) mass is 415 g/mol. The Hall–Kier alpha value is -3.74. The van der Waals surface area contributed by atoms with E-state index in [2.05, 4.69) is 22.3 Å². The van der Waals surface area contributed by atoms with E-state index in [1.54, 1.807) is 4.57 Å². The summed E-state index contributed by atoms with van der Waals surface area (Å²) in [6.07, 6.45) is 2.49. The minimum atomic E-state index is -0.189. The molecule has 1 N–H and O–H groups in total. The predicted molar refractivity (Wildman–Crippen MR) is 121 cm³/mol. The first-order valence-electron chi connectivity index (χ1n) is 10.5. The van der Waals surface area contributed by atoms with Crippen molar-refractivity contribution in [3.8, 4) is 11.4 Å². The van der Waals surface area contributed by atoms with Gasteiger partial charge in [0.1, 0.15) is 6.54 Å². The standard InChI is InChI=1S/C24H25N5O2/c1-3-4-15-20-17(2)28(16-21(30)25-19-13-9-6-10-14-19)24-26-22(27-29(24)23(20)31)18-11-7-5-8-12-18/h5-14H,3-4,15-16H2,1-2H3,(H,25,30). The quantitative estimate of drug-likeness (QED) is 0.497. The maximum atomic E-state index is 13.2. The van der Waals surface area contributed by atoms with E-state index in [0.717, 1.165) is 29.8 Å². The Bertz CT molecular complexity index is 1260. The molecule has 4 aromatic rings. The van der Waals surface area contributed by atoms with Crippen molar-refractivity contribution in [3.63, 3.8) is 0 Å². The number of aromatic nitrogens is 4. The van der Waals surface area contributed by atoms with E-state index < -0.39 is 0 Å². The number of nitrogens with one attached hydrogen (secondary N) is 1. The molecular weight excluding hydrogens is 390 g/mol. The van der Waals surface area contributed by atoms with Crippen LogP contribution in [-0.2, 0) is 17.8 Å². The Morgan fingerprint density at radius 1 is 1.03 bits per heavy atom. The summed E-state index contributed by atoms with van der Waals surface area (Å²) < 4.78 is 3.11. The van der Waals surface area contributed by atoms with Crippen molar-refractivity contribution in [1.82, 2.24) is 19.2 Å². The zero-order chi connectivity index (χ0) is 21.8. The minimum absolute atomic E-state index is 0.0382. The summed E-state index contributed by atoms with van der Waals surface area (Å²) >= 11 is 0. The lowest BCUT2D eigenvalue weighted by Gasteiger charge is -2.15. The maximum Gasteiger partial charge on any atom is 0.279 e. The molecule has 0 saturated heterocycles. The fraction of sp³-hybridized carbons (Fsp3) is 0.250. The van der Waals surface area contributed by atoms with E-state index >= 15 is 0 Å². The van der Waals surface area contributed by atoms with Crippen LogP contribution in [0.15, 0.2) is 65.5 Å². The van der Waals surface area contributed by atoms with Crippen LogP contribution in [0.2, 0.25) is 0 Å². The lowest BCUT2D eigenvalue weighted by molar-refractivity contribution is -0.116. The van der Waals surface area contributed by atoms with Crippen molar-refractivity contribution in [2.75, 3.05) is 5.32 Å². The van der Waals surface area contributed by atoms with E-state index in [1.807, 2.05) is 67.6 Å². The first kappa shape index (κ1) is 20.5. The zero-order valence-electron chi connectivity index (χ0n) is 17.7. The number of anilines is 1. The molecule has 0 bridgehead atoms. The summed E-state index contributed by atoms with van der Waals surface area (Å²) in [5, 5.41) is 7.39. The van der Waals surface area contributed by atoms with Gasteiger partial charge in [-0.05, 0) is 31.9 Å². The van der Waals surface area contributed by atoms with Crippen molar-refractivity contribution in [1.29, 1.82) is 0 Å². The summed E-state index contributed by atoms with van der Waals surface area (Å²) in [5.41, 5.74) is 2.79. The molecule has 0 unspecified atom stereocenters. The zero-order valence-corrected chi connectivity index (χ0v) is 17.7. The largest absolute Gasteiger partial charge is 0.325 e. The molecule has 0 fully saturated rings. The van der Waals surface area contributed by atoms with Crippen LogP contribution in [0.25, 0.3) is 17.2 Å². The van der Waals surface area contributed by atoms with Crippen LogP contribution in [0.1, 0.15) is 31.0 Å². The van der Waals surface area contributed by atoms with Gasteiger partial charge in [0.25, 0.3) is 5.56 Å². The van der Waals surface area contributed by atoms with E-state index in [4.69, 9.17) is 0 Å². The number of carbonyl (C=O) groups excluding carboxylic acids is 1. The van der Waals surface area contributed by atoms with Gasteiger partial charge in [0.05, 0.1) is 0 Å². The van der Waals surface area contributed by atoms with Crippen LogP contribution < -0.4 is 10.9 Å². The normalized spacial score (nSPS) is 11.0. The molecule has 0 spiro atoms. The molecule has 0 atom stereocenters. The number of amides is 1. The molecule has 0 radical (unpaired) electrons. The second-order valence-corrected chi connectivity index (χ2v) is 7.49. The van der Waals surface area contributed by atoms with Gasteiger partial charge in [-0.15, -0.1) is 5.10 Å². The summed E-state index contributed by atoms with van der Waals surface area (Å²) in [6, 6.07) is 18.8. The minimum Gasteiger partial charge on any atom is -0.325 e. The molecule has 2 aromatic carbocycles. The number of benzene rings is 2. The second kappa shape index (κ2) is 8.95. The molecule has 0 saturated carbocycles. The number of nitrogens with zero attached hydrogens (tertiary/aromatic N) is 4. The summed E-state index contributed by atoms with van der Waals surface area (Å²) in [4.78, 5) is 30.6. The molecule has 2 heterocycles. The number of carbonyl (C=O) groups is 1. The topological polar surface area (TPSA) is 81.3 Å². The summed E-state index contributed by atoms with van der Waals surface area (Å²) in [7, 11) is 0. The highest BCUT2D eigenvalue weighted by Crippen LogP contribution is 2.18. The SMILES string of the molecule is CCCCc1c(C)n(CC(=O)Nc2ccccc2)c2nc(-c3ccccc3)nn2c1=O. The predicted octanol–water partition coefficient (Wildman–Crippen LogP) is 3.85. The fourth-order valence-corrected chi connectivity index (χ4v) is 3.62.